The number of para-hydroxylation sites is 1. The van der Waals surface area contributed by atoms with Gasteiger partial charge < -0.3 is 18.9 Å². The molecule has 150 valence electrons. The van der Waals surface area contributed by atoms with Crippen LogP contribution >= 0.6 is 0 Å². The van der Waals surface area contributed by atoms with E-state index in [-0.39, 0.29) is 11.8 Å². The van der Waals surface area contributed by atoms with Crippen LogP contribution in [0.5, 0.6) is 11.5 Å². The molecule has 1 saturated heterocycles. The largest absolute Gasteiger partial charge is 0.497 e. The lowest BCUT2D eigenvalue weighted by atomic mass is 10.1. The molecule has 0 spiro atoms. The van der Waals surface area contributed by atoms with Crippen LogP contribution in [0.25, 0.3) is 11.4 Å². The Hall–Kier alpha value is -3.35. The maximum absolute atomic E-state index is 12.5. The summed E-state index contributed by atoms with van der Waals surface area (Å²) < 4.78 is 16.3. The highest BCUT2D eigenvalue weighted by atomic mass is 16.5. The van der Waals surface area contributed by atoms with Crippen molar-refractivity contribution in [2.45, 2.75) is 25.8 Å². The van der Waals surface area contributed by atoms with Crippen molar-refractivity contribution in [3.8, 4) is 22.9 Å². The first-order valence-corrected chi connectivity index (χ1v) is 9.64. The number of carbonyl (C=O) groups excluding carboxylic acids is 1. The van der Waals surface area contributed by atoms with Crippen LogP contribution in [0.1, 0.15) is 30.7 Å². The second kappa shape index (κ2) is 8.34. The highest BCUT2D eigenvalue weighted by molar-refractivity contribution is 5.79. The van der Waals surface area contributed by atoms with E-state index in [4.69, 9.17) is 14.0 Å². The molecule has 7 nitrogen and oxygen atoms in total. The fourth-order valence-electron chi connectivity index (χ4n) is 3.48. The zero-order chi connectivity index (χ0) is 20.2. The zero-order valence-electron chi connectivity index (χ0n) is 16.5. The first-order valence-electron chi connectivity index (χ1n) is 9.64. The van der Waals surface area contributed by atoms with Gasteiger partial charge in [-0.3, -0.25) is 4.79 Å². The first kappa shape index (κ1) is 19.0. The highest BCUT2D eigenvalue weighted by Crippen LogP contribution is 2.32. The van der Waals surface area contributed by atoms with Crippen molar-refractivity contribution in [3.63, 3.8) is 0 Å². The molecule has 2 aromatic carbocycles. The van der Waals surface area contributed by atoms with Crippen molar-refractivity contribution >= 4 is 5.91 Å². The smallest absolute Gasteiger partial charge is 0.232 e. The van der Waals surface area contributed by atoms with Crippen molar-refractivity contribution in [1.82, 2.24) is 15.0 Å². The van der Waals surface area contributed by atoms with Crippen molar-refractivity contribution < 1.29 is 18.8 Å². The predicted molar refractivity (Wildman–Crippen MR) is 107 cm³/mol. The molecule has 7 heteroatoms. The Morgan fingerprint density at radius 1 is 1.17 bits per heavy atom. The lowest BCUT2D eigenvalue weighted by Gasteiger charge is -2.16. The number of amides is 1. The van der Waals surface area contributed by atoms with Gasteiger partial charge in [-0.15, -0.1) is 0 Å². The first-order chi connectivity index (χ1) is 14.2. The lowest BCUT2D eigenvalue weighted by Crippen LogP contribution is -2.24. The van der Waals surface area contributed by atoms with Gasteiger partial charge in [0.05, 0.1) is 25.2 Å². The summed E-state index contributed by atoms with van der Waals surface area (Å²) in [6.07, 6.45) is 0.366. The van der Waals surface area contributed by atoms with Crippen LogP contribution < -0.4 is 9.47 Å². The summed E-state index contributed by atoms with van der Waals surface area (Å²) in [6.45, 7) is 3.59. The quantitative estimate of drug-likeness (QED) is 0.610. The summed E-state index contributed by atoms with van der Waals surface area (Å²) >= 11 is 0. The van der Waals surface area contributed by atoms with Gasteiger partial charge in [0.1, 0.15) is 11.5 Å². The number of rotatable bonds is 7. The van der Waals surface area contributed by atoms with E-state index in [1.807, 2.05) is 60.4 Å². The van der Waals surface area contributed by atoms with Crippen LogP contribution in [0, 0.1) is 0 Å². The van der Waals surface area contributed by atoms with Gasteiger partial charge in [-0.1, -0.05) is 29.4 Å². The average molecular weight is 393 g/mol. The maximum Gasteiger partial charge on any atom is 0.232 e. The molecule has 0 saturated carbocycles. The van der Waals surface area contributed by atoms with Crippen LogP contribution in [-0.2, 0) is 11.3 Å². The van der Waals surface area contributed by atoms with Gasteiger partial charge in [-0.05, 0) is 36.8 Å². The monoisotopic (exact) mass is 393 g/mol. The van der Waals surface area contributed by atoms with Gasteiger partial charge in [0.15, 0.2) is 0 Å². The van der Waals surface area contributed by atoms with Crippen LogP contribution in [0.15, 0.2) is 53.1 Å². The van der Waals surface area contributed by atoms with E-state index in [9.17, 15) is 4.79 Å². The Labute approximate surface area is 169 Å². The summed E-state index contributed by atoms with van der Waals surface area (Å²) in [6, 6.07) is 15.3. The molecule has 1 unspecified atom stereocenters. The molecule has 0 bridgehead atoms. The number of aromatic nitrogens is 2. The predicted octanol–water partition coefficient (Wildman–Crippen LogP) is 3.66. The average Bonchev–Trinajstić information content (AvgIpc) is 3.37. The lowest BCUT2D eigenvalue weighted by molar-refractivity contribution is -0.128. The topological polar surface area (TPSA) is 77.7 Å². The summed E-state index contributed by atoms with van der Waals surface area (Å²) in [5.74, 6) is 2.44. The van der Waals surface area contributed by atoms with Crippen LogP contribution in [0.2, 0.25) is 0 Å². The molecule has 1 amide bonds. The van der Waals surface area contributed by atoms with Crippen LogP contribution in [0.3, 0.4) is 0 Å². The summed E-state index contributed by atoms with van der Waals surface area (Å²) in [4.78, 5) is 18.9. The molecule has 2 heterocycles. The maximum atomic E-state index is 12.5. The molecule has 1 fully saturated rings. The molecule has 0 radical (unpaired) electrons. The number of nitrogens with zero attached hydrogens (tertiary/aromatic N) is 3. The number of ether oxygens (including phenoxy) is 2. The molecule has 1 aliphatic rings. The van der Waals surface area contributed by atoms with Gasteiger partial charge >= 0.3 is 0 Å². The minimum absolute atomic E-state index is 0.0836. The van der Waals surface area contributed by atoms with Gasteiger partial charge in [-0.25, -0.2) is 0 Å². The Bertz CT molecular complexity index is 984. The third kappa shape index (κ3) is 4.08. The normalized spacial score (nSPS) is 16.3. The Morgan fingerprint density at radius 3 is 2.72 bits per heavy atom. The minimum atomic E-state index is -0.110. The Kier molecular flexibility index (Phi) is 5.46. The Morgan fingerprint density at radius 2 is 1.97 bits per heavy atom. The van der Waals surface area contributed by atoms with E-state index in [0.717, 1.165) is 16.9 Å². The van der Waals surface area contributed by atoms with E-state index in [1.54, 1.807) is 7.11 Å². The van der Waals surface area contributed by atoms with Crippen molar-refractivity contribution in [2.75, 3.05) is 20.3 Å². The minimum Gasteiger partial charge on any atom is -0.497 e. The standard InChI is InChI=1S/C22H23N3O4/c1-3-28-19-7-5-4-6-18(19)21-23-22(29-24-21)16-12-20(26)25(14-16)13-15-8-10-17(27-2)11-9-15/h4-11,16H,3,12-14H2,1-2H3. The number of likely N-dealkylation sites (tertiary alicyclic amines) is 1. The third-order valence-corrected chi connectivity index (χ3v) is 4.97. The number of hydrogen-bond acceptors (Lipinski definition) is 6. The zero-order valence-corrected chi connectivity index (χ0v) is 16.5. The molecular formula is C22H23N3O4. The van der Waals surface area contributed by atoms with E-state index in [0.29, 0.717) is 43.6 Å². The number of carbonyl (C=O) groups is 1. The fraction of sp³-hybridized carbons (Fsp3) is 0.318. The number of hydrogen-bond donors (Lipinski definition) is 0. The van der Waals surface area contributed by atoms with Gasteiger partial charge in [0.25, 0.3) is 0 Å². The molecule has 29 heavy (non-hydrogen) atoms. The van der Waals surface area contributed by atoms with E-state index in [2.05, 4.69) is 10.1 Å². The SMILES string of the molecule is CCOc1ccccc1-c1noc(C2CC(=O)N(Cc3ccc(OC)cc3)C2)n1. The van der Waals surface area contributed by atoms with Gasteiger partial charge in [0, 0.05) is 19.5 Å². The van der Waals surface area contributed by atoms with Gasteiger partial charge in [0.2, 0.25) is 17.6 Å². The number of benzene rings is 2. The summed E-state index contributed by atoms with van der Waals surface area (Å²) in [5.41, 5.74) is 1.83. The van der Waals surface area contributed by atoms with Crippen molar-refractivity contribution in [1.29, 1.82) is 0 Å². The molecule has 1 atom stereocenters. The third-order valence-electron chi connectivity index (χ3n) is 4.97. The molecule has 3 aromatic rings. The van der Waals surface area contributed by atoms with E-state index in [1.165, 1.54) is 0 Å². The van der Waals surface area contributed by atoms with E-state index >= 15 is 0 Å². The molecule has 0 aliphatic carbocycles. The summed E-state index contributed by atoms with van der Waals surface area (Å²) in [7, 11) is 1.63. The van der Waals surface area contributed by atoms with E-state index < -0.39 is 0 Å². The molecular weight excluding hydrogens is 370 g/mol. The van der Waals surface area contributed by atoms with Crippen molar-refractivity contribution in [3.05, 3.63) is 60.0 Å². The molecule has 4 rings (SSSR count). The Balaban J connectivity index is 1.47. The fourth-order valence-corrected chi connectivity index (χ4v) is 3.48. The second-order valence-corrected chi connectivity index (χ2v) is 6.91. The molecule has 0 N–H and O–H groups in total. The second-order valence-electron chi connectivity index (χ2n) is 6.91. The molecule has 1 aliphatic heterocycles. The van der Waals surface area contributed by atoms with Crippen LogP contribution in [0.4, 0.5) is 0 Å². The summed E-state index contributed by atoms with van der Waals surface area (Å²) in [5, 5.41) is 4.12. The van der Waals surface area contributed by atoms with Crippen LogP contribution in [-0.4, -0.2) is 41.2 Å². The number of methoxy groups -OCH3 is 1. The van der Waals surface area contributed by atoms with Gasteiger partial charge in [-0.2, -0.15) is 4.98 Å². The highest BCUT2D eigenvalue weighted by Gasteiger charge is 2.34. The van der Waals surface area contributed by atoms with Crippen molar-refractivity contribution in [2.24, 2.45) is 0 Å². The molecule has 1 aromatic heterocycles.